The summed E-state index contributed by atoms with van der Waals surface area (Å²) >= 11 is 0. The van der Waals surface area contributed by atoms with E-state index in [-0.39, 0.29) is 17.9 Å². The van der Waals surface area contributed by atoms with Gasteiger partial charge in [-0.2, -0.15) is 0 Å². The summed E-state index contributed by atoms with van der Waals surface area (Å²) in [5.41, 5.74) is 3.73. The van der Waals surface area contributed by atoms with E-state index in [1.165, 1.54) is 0 Å². The summed E-state index contributed by atoms with van der Waals surface area (Å²) in [5, 5.41) is 5.70. The third-order valence-electron chi connectivity index (χ3n) is 5.28. The lowest BCUT2D eigenvalue weighted by atomic mass is 9.97. The summed E-state index contributed by atoms with van der Waals surface area (Å²) in [7, 11) is 3.54. The van der Waals surface area contributed by atoms with Crippen molar-refractivity contribution in [2.24, 2.45) is 0 Å². The lowest BCUT2D eigenvalue weighted by Crippen LogP contribution is -2.39. The molecule has 28 heavy (non-hydrogen) atoms. The second-order valence-electron chi connectivity index (χ2n) is 7.25. The lowest BCUT2D eigenvalue weighted by Gasteiger charge is -2.25. The molecular weight excluding hydrogens is 350 g/mol. The Morgan fingerprint density at radius 3 is 2.29 bits per heavy atom. The number of hydrogen-bond donors (Lipinski definition) is 2. The second kappa shape index (κ2) is 10.0. The highest BCUT2D eigenvalue weighted by molar-refractivity contribution is 5.95. The zero-order valence-corrected chi connectivity index (χ0v) is 17.5. The van der Waals surface area contributed by atoms with Crippen molar-refractivity contribution in [1.82, 2.24) is 10.2 Å². The molecule has 0 saturated carbocycles. The SMILES string of the molecule is CC[C@H](C)c1ccccc1NC(=O)[C@H](C)N(C)Cc1ccc(C(=O)NC)cc1. The third kappa shape index (κ3) is 5.42. The minimum absolute atomic E-state index is 0.0276. The highest BCUT2D eigenvalue weighted by atomic mass is 16.2. The van der Waals surface area contributed by atoms with Gasteiger partial charge in [0.05, 0.1) is 6.04 Å². The zero-order valence-electron chi connectivity index (χ0n) is 17.5. The maximum absolute atomic E-state index is 12.8. The number of para-hydroxylation sites is 1. The van der Waals surface area contributed by atoms with Gasteiger partial charge in [0.2, 0.25) is 5.91 Å². The molecule has 2 aromatic carbocycles. The van der Waals surface area contributed by atoms with Gasteiger partial charge in [0.1, 0.15) is 0 Å². The van der Waals surface area contributed by atoms with Crippen LogP contribution in [0.2, 0.25) is 0 Å². The van der Waals surface area contributed by atoms with E-state index in [9.17, 15) is 9.59 Å². The van der Waals surface area contributed by atoms with E-state index in [0.29, 0.717) is 18.0 Å². The van der Waals surface area contributed by atoms with Crippen molar-refractivity contribution in [3.8, 4) is 0 Å². The van der Waals surface area contributed by atoms with Crippen molar-refractivity contribution >= 4 is 17.5 Å². The van der Waals surface area contributed by atoms with Crippen LogP contribution in [0.25, 0.3) is 0 Å². The number of nitrogens with zero attached hydrogens (tertiary/aromatic N) is 1. The summed E-state index contributed by atoms with van der Waals surface area (Å²) in [5.74, 6) is 0.260. The smallest absolute Gasteiger partial charge is 0.251 e. The van der Waals surface area contributed by atoms with Crippen LogP contribution < -0.4 is 10.6 Å². The van der Waals surface area contributed by atoms with Gasteiger partial charge in [0.25, 0.3) is 5.91 Å². The van der Waals surface area contributed by atoms with E-state index in [4.69, 9.17) is 0 Å². The Bertz CT molecular complexity index is 802. The average Bonchev–Trinajstić information content (AvgIpc) is 2.72. The van der Waals surface area contributed by atoms with E-state index in [1.54, 1.807) is 19.2 Å². The van der Waals surface area contributed by atoms with Crippen LogP contribution in [0.5, 0.6) is 0 Å². The molecule has 0 fully saturated rings. The fourth-order valence-electron chi connectivity index (χ4n) is 3.03. The van der Waals surface area contributed by atoms with E-state index in [0.717, 1.165) is 23.2 Å². The first kappa shape index (κ1) is 21.6. The molecule has 150 valence electrons. The van der Waals surface area contributed by atoms with Crippen molar-refractivity contribution in [3.63, 3.8) is 0 Å². The van der Waals surface area contributed by atoms with Gasteiger partial charge in [0, 0.05) is 24.8 Å². The van der Waals surface area contributed by atoms with Gasteiger partial charge in [-0.15, -0.1) is 0 Å². The van der Waals surface area contributed by atoms with Gasteiger partial charge in [-0.1, -0.05) is 44.2 Å². The molecule has 0 aliphatic heterocycles. The van der Waals surface area contributed by atoms with Crippen molar-refractivity contribution in [2.75, 3.05) is 19.4 Å². The Labute approximate surface area is 168 Å². The predicted molar refractivity (Wildman–Crippen MR) is 115 cm³/mol. The topological polar surface area (TPSA) is 61.4 Å². The van der Waals surface area contributed by atoms with Gasteiger partial charge in [-0.25, -0.2) is 0 Å². The normalized spacial score (nSPS) is 13.1. The summed E-state index contributed by atoms with van der Waals surface area (Å²) in [6.07, 6.45) is 1.02. The Hall–Kier alpha value is -2.66. The molecule has 2 N–H and O–H groups in total. The molecular formula is C23H31N3O2. The number of amides is 2. The molecule has 0 aliphatic carbocycles. The van der Waals surface area contributed by atoms with Crippen molar-refractivity contribution in [2.45, 2.75) is 45.7 Å². The van der Waals surface area contributed by atoms with Crippen molar-refractivity contribution in [1.29, 1.82) is 0 Å². The van der Waals surface area contributed by atoms with Crippen LogP contribution in [0.1, 0.15) is 54.6 Å². The Balaban J connectivity index is 2.02. The molecule has 0 radical (unpaired) electrons. The molecule has 2 aromatic rings. The number of carbonyl (C=O) groups is 2. The van der Waals surface area contributed by atoms with Crippen LogP contribution in [0.3, 0.4) is 0 Å². The molecule has 2 atom stereocenters. The number of anilines is 1. The molecule has 5 heteroatoms. The lowest BCUT2D eigenvalue weighted by molar-refractivity contribution is -0.120. The fraction of sp³-hybridized carbons (Fsp3) is 0.391. The quantitative estimate of drug-likeness (QED) is 0.726. The number of likely N-dealkylation sites (N-methyl/N-ethyl adjacent to an activating group) is 1. The monoisotopic (exact) mass is 381 g/mol. The fourth-order valence-corrected chi connectivity index (χ4v) is 3.03. The molecule has 0 aromatic heterocycles. The molecule has 0 unspecified atom stereocenters. The number of rotatable bonds is 8. The number of hydrogen-bond acceptors (Lipinski definition) is 3. The molecule has 0 aliphatic rings. The number of carbonyl (C=O) groups excluding carboxylic acids is 2. The van der Waals surface area contributed by atoms with E-state index in [2.05, 4.69) is 30.5 Å². The van der Waals surface area contributed by atoms with E-state index in [1.807, 2.05) is 49.2 Å². The zero-order chi connectivity index (χ0) is 20.7. The number of benzene rings is 2. The van der Waals surface area contributed by atoms with Gasteiger partial charge in [-0.05, 0) is 55.6 Å². The first-order valence-electron chi connectivity index (χ1n) is 9.78. The molecule has 2 rings (SSSR count). The minimum atomic E-state index is -0.288. The Morgan fingerprint density at radius 2 is 1.68 bits per heavy atom. The summed E-state index contributed by atoms with van der Waals surface area (Å²) in [6, 6.07) is 15.1. The summed E-state index contributed by atoms with van der Waals surface area (Å²) < 4.78 is 0. The highest BCUT2D eigenvalue weighted by Crippen LogP contribution is 2.26. The van der Waals surface area contributed by atoms with E-state index >= 15 is 0 Å². The predicted octanol–water partition coefficient (Wildman–Crippen LogP) is 4.02. The third-order valence-corrected chi connectivity index (χ3v) is 5.28. The minimum Gasteiger partial charge on any atom is -0.355 e. The largest absolute Gasteiger partial charge is 0.355 e. The van der Waals surface area contributed by atoms with Crippen LogP contribution >= 0.6 is 0 Å². The second-order valence-corrected chi connectivity index (χ2v) is 7.25. The Morgan fingerprint density at radius 1 is 1.04 bits per heavy atom. The van der Waals surface area contributed by atoms with Gasteiger partial charge < -0.3 is 10.6 Å². The van der Waals surface area contributed by atoms with Crippen molar-refractivity contribution in [3.05, 3.63) is 65.2 Å². The van der Waals surface area contributed by atoms with Gasteiger partial charge >= 0.3 is 0 Å². The maximum Gasteiger partial charge on any atom is 0.251 e. The molecule has 0 saturated heterocycles. The van der Waals surface area contributed by atoms with E-state index < -0.39 is 0 Å². The molecule has 0 bridgehead atoms. The molecule has 0 heterocycles. The van der Waals surface area contributed by atoms with Crippen LogP contribution in [-0.4, -0.2) is 36.9 Å². The highest BCUT2D eigenvalue weighted by Gasteiger charge is 2.20. The van der Waals surface area contributed by atoms with Gasteiger partial charge in [-0.3, -0.25) is 14.5 Å². The van der Waals surface area contributed by atoms with Gasteiger partial charge in [0.15, 0.2) is 0 Å². The molecule has 5 nitrogen and oxygen atoms in total. The average molecular weight is 382 g/mol. The molecule has 2 amide bonds. The summed E-state index contributed by atoms with van der Waals surface area (Å²) in [4.78, 5) is 26.4. The Kier molecular flexibility index (Phi) is 7.76. The maximum atomic E-state index is 12.8. The first-order chi connectivity index (χ1) is 13.4. The first-order valence-corrected chi connectivity index (χ1v) is 9.78. The van der Waals surface area contributed by atoms with Crippen molar-refractivity contribution < 1.29 is 9.59 Å². The summed E-state index contributed by atoms with van der Waals surface area (Å²) in [6.45, 7) is 6.84. The van der Waals surface area contributed by atoms with Crippen LogP contribution in [-0.2, 0) is 11.3 Å². The van der Waals surface area contributed by atoms with Crippen LogP contribution in [0.15, 0.2) is 48.5 Å². The standard InChI is InChI=1S/C23H31N3O2/c1-6-16(2)20-9-7-8-10-21(20)25-22(27)17(3)26(5)15-18-11-13-19(14-12-18)23(28)24-4/h7-14,16-17H,6,15H2,1-5H3,(H,24,28)(H,25,27)/t16-,17-/m0/s1. The number of nitrogens with one attached hydrogen (secondary N) is 2. The molecule has 0 spiro atoms. The van der Waals surface area contributed by atoms with Crippen LogP contribution in [0.4, 0.5) is 5.69 Å². The van der Waals surface area contributed by atoms with Crippen LogP contribution in [0, 0.1) is 0 Å².